The van der Waals surface area contributed by atoms with Gasteiger partial charge in [-0.15, -0.1) is 0 Å². The van der Waals surface area contributed by atoms with Crippen LogP contribution in [0.1, 0.15) is 47.4 Å². The Kier molecular flexibility index (Phi) is 7.18. The smallest absolute Gasteiger partial charge is 0.339 e. The van der Waals surface area contributed by atoms with Gasteiger partial charge in [-0.1, -0.05) is 38.1 Å². The second-order valence-corrected chi connectivity index (χ2v) is 10.4. The third-order valence-electron chi connectivity index (χ3n) is 6.25. The fourth-order valence-corrected chi connectivity index (χ4v) is 6.21. The maximum atomic E-state index is 13.0. The Morgan fingerprint density at radius 3 is 2.57 bits per heavy atom. The minimum absolute atomic E-state index is 0.134. The molecule has 1 aliphatic rings. The number of aryl methyl sites for hydroxylation is 2. The van der Waals surface area contributed by atoms with Crippen molar-refractivity contribution in [2.24, 2.45) is 0 Å². The molecular formula is C26H29N3O5S. The Bertz CT molecular complexity index is 1400. The number of rotatable bonds is 8. The number of pyridine rings is 1. The number of para-hydroxylation sites is 1. The first-order valence-electron chi connectivity index (χ1n) is 11.7. The van der Waals surface area contributed by atoms with Gasteiger partial charge in [0, 0.05) is 29.9 Å². The lowest BCUT2D eigenvalue weighted by atomic mass is 10.0. The molecule has 1 aliphatic carbocycles. The molecule has 2 aromatic carbocycles. The van der Waals surface area contributed by atoms with Crippen LogP contribution in [0.3, 0.4) is 0 Å². The van der Waals surface area contributed by atoms with Gasteiger partial charge in [0.1, 0.15) is 0 Å². The fraction of sp³-hybridized carbons (Fsp3) is 0.346. The van der Waals surface area contributed by atoms with Crippen molar-refractivity contribution in [2.75, 3.05) is 25.0 Å². The van der Waals surface area contributed by atoms with Crippen LogP contribution < -0.4 is 5.32 Å². The number of nitrogens with one attached hydrogen (secondary N) is 1. The van der Waals surface area contributed by atoms with Gasteiger partial charge in [-0.05, 0) is 55.5 Å². The zero-order valence-electron chi connectivity index (χ0n) is 20.1. The largest absolute Gasteiger partial charge is 0.452 e. The normalized spacial score (nSPS) is 13.1. The third kappa shape index (κ3) is 4.92. The molecule has 3 aromatic rings. The number of carbonyl (C=O) groups excluding carboxylic acids is 2. The van der Waals surface area contributed by atoms with Crippen LogP contribution >= 0.6 is 0 Å². The van der Waals surface area contributed by atoms with Crippen molar-refractivity contribution in [1.82, 2.24) is 9.29 Å². The van der Waals surface area contributed by atoms with E-state index in [0.29, 0.717) is 35.3 Å². The van der Waals surface area contributed by atoms with Crippen molar-refractivity contribution in [2.45, 2.75) is 44.9 Å². The number of benzene rings is 2. The van der Waals surface area contributed by atoms with E-state index in [2.05, 4.69) is 10.3 Å². The summed E-state index contributed by atoms with van der Waals surface area (Å²) < 4.78 is 32.7. The molecule has 0 unspecified atom stereocenters. The van der Waals surface area contributed by atoms with E-state index in [4.69, 9.17) is 4.74 Å². The summed E-state index contributed by atoms with van der Waals surface area (Å²) in [5, 5.41) is 3.35. The highest BCUT2D eigenvalue weighted by atomic mass is 32.2. The van der Waals surface area contributed by atoms with Crippen molar-refractivity contribution < 1.29 is 22.7 Å². The molecule has 1 aromatic heterocycles. The molecule has 4 rings (SSSR count). The first kappa shape index (κ1) is 24.8. The predicted octanol–water partition coefficient (Wildman–Crippen LogP) is 3.86. The van der Waals surface area contributed by atoms with E-state index in [9.17, 15) is 18.0 Å². The van der Waals surface area contributed by atoms with Gasteiger partial charge in [0.15, 0.2) is 6.61 Å². The number of anilines is 1. The van der Waals surface area contributed by atoms with Crippen molar-refractivity contribution in [3.63, 3.8) is 0 Å². The van der Waals surface area contributed by atoms with Gasteiger partial charge < -0.3 is 10.1 Å². The number of fused-ring (bicyclic) bond motifs is 2. The average Bonchev–Trinajstić information content (AvgIpc) is 3.30. The molecule has 0 spiro atoms. The first-order valence-corrected chi connectivity index (χ1v) is 13.2. The molecule has 1 N–H and O–H groups in total. The first-order chi connectivity index (χ1) is 16.8. The van der Waals surface area contributed by atoms with Gasteiger partial charge in [-0.25, -0.2) is 13.2 Å². The van der Waals surface area contributed by atoms with Crippen LogP contribution in [0.5, 0.6) is 0 Å². The van der Waals surface area contributed by atoms with Gasteiger partial charge in [0.05, 0.1) is 16.0 Å². The molecule has 1 amide bonds. The molecule has 35 heavy (non-hydrogen) atoms. The number of aromatic nitrogens is 1. The van der Waals surface area contributed by atoms with E-state index in [0.717, 1.165) is 36.0 Å². The van der Waals surface area contributed by atoms with Crippen LogP contribution in [0.25, 0.3) is 10.9 Å². The summed E-state index contributed by atoms with van der Waals surface area (Å²) in [6.45, 7) is 5.46. The Balaban J connectivity index is 1.50. The minimum atomic E-state index is -3.69. The second-order valence-electron chi connectivity index (χ2n) is 8.48. The SMILES string of the molecule is CCN(CC)S(=O)(=O)c1cc(NC(=O)COC(=O)c2c3c(nc4ccccc24)CCC3)ccc1C. The second kappa shape index (κ2) is 10.1. The molecule has 0 aliphatic heterocycles. The lowest BCUT2D eigenvalue weighted by molar-refractivity contribution is -0.119. The lowest BCUT2D eigenvalue weighted by Gasteiger charge is -2.20. The monoisotopic (exact) mass is 495 g/mol. The molecule has 8 nitrogen and oxygen atoms in total. The number of hydrogen-bond acceptors (Lipinski definition) is 6. The number of nitrogens with zero attached hydrogens (tertiary/aromatic N) is 2. The summed E-state index contributed by atoms with van der Waals surface area (Å²) in [4.78, 5) is 30.4. The number of carbonyl (C=O) groups is 2. The Labute approximate surface area is 205 Å². The van der Waals surface area contributed by atoms with Crippen LogP contribution in [0, 0.1) is 6.92 Å². The molecule has 0 saturated carbocycles. The summed E-state index contributed by atoms with van der Waals surface area (Å²) in [6, 6.07) is 12.1. The summed E-state index contributed by atoms with van der Waals surface area (Å²) in [5.74, 6) is -1.12. The van der Waals surface area contributed by atoms with Crippen LogP contribution in [-0.2, 0) is 32.4 Å². The van der Waals surface area contributed by atoms with E-state index in [1.165, 1.54) is 10.4 Å². The minimum Gasteiger partial charge on any atom is -0.452 e. The quantitative estimate of drug-likeness (QED) is 0.476. The molecule has 0 radical (unpaired) electrons. The van der Waals surface area contributed by atoms with Gasteiger partial charge in [0.2, 0.25) is 10.0 Å². The van der Waals surface area contributed by atoms with Crippen molar-refractivity contribution in [3.8, 4) is 0 Å². The van der Waals surface area contributed by atoms with Crippen molar-refractivity contribution in [1.29, 1.82) is 0 Å². The van der Waals surface area contributed by atoms with E-state index in [1.54, 1.807) is 32.9 Å². The van der Waals surface area contributed by atoms with Crippen LogP contribution in [0.15, 0.2) is 47.4 Å². The maximum Gasteiger partial charge on any atom is 0.339 e. The molecule has 1 heterocycles. The lowest BCUT2D eigenvalue weighted by Crippen LogP contribution is -2.31. The van der Waals surface area contributed by atoms with Crippen molar-refractivity contribution in [3.05, 3.63) is 64.8 Å². The molecule has 0 fully saturated rings. The summed E-state index contributed by atoms with van der Waals surface area (Å²) in [5.41, 5.74) is 3.89. The number of sulfonamides is 1. The molecule has 0 bridgehead atoms. The number of ether oxygens (including phenoxy) is 1. The Morgan fingerprint density at radius 2 is 1.83 bits per heavy atom. The summed E-state index contributed by atoms with van der Waals surface area (Å²) in [7, 11) is -3.69. The van der Waals surface area contributed by atoms with Crippen LogP contribution in [-0.4, -0.2) is 49.3 Å². The Hall–Kier alpha value is -3.30. The van der Waals surface area contributed by atoms with Gasteiger partial charge in [-0.3, -0.25) is 9.78 Å². The summed E-state index contributed by atoms with van der Waals surface area (Å²) >= 11 is 0. The molecule has 9 heteroatoms. The zero-order valence-corrected chi connectivity index (χ0v) is 20.9. The zero-order chi connectivity index (χ0) is 25.2. The Morgan fingerprint density at radius 1 is 1.09 bits per heavy atom. The molecule has 0 saturated heterocycles. The van der Waals surface area contributed by atoms with Crippen LogP contribution in [0.2, 0.25) is 0 Å². The predicted molar refractivity (Wildman–Crippen MR) is 134 cm³/mol. The van der Waals surface area contributed by atoms with Gasteiger partial charge >= 0.3 is 5.97 Å². The highest BCUT2D eigenvalue weighted by molar-refractivity contribution is 7.89. The standard InChI is InChI=1S/C26H29N3O5S/c1-4-29(5-2)35(32,33)23-15-18(14-13-17(23)3)27-24(30)16-34-26(31)25-19-9-6-7-11-21(19)28-22-12-8-10-20(22)25/h6-7,9,11,13-15H,4-5,8,10,12,16H2,1-3H3,(H,27,30). The van der Waals surface area contributed by atoms with Gasteiger partial charge in [-0.2, -0.15) is 4.31 Å². The molecule has 0 atom stereocenters. The topological polar surface area (TPSA) is 106 Å². The molecular weight excluding hydrogens is 466 g/mol. The summed E-state index contributed by atoms with van der Waals surface area (Å²) in [6.07, 6.45) is 2.48. The highest BCUT2D eigenvalue weighted by Crippen LogP contribution is 2.30. The van der Waals surface area contributed by atoms with E-state index in [-0.39, 0.29) is 4.90 Å². The fourth-order valence-electron chi connectivity index (χ4n) is 4.50. The van der Waals surface area contributed by atoms with Gasteiger partial charge in [0.25, 0.3) is 5.91 Å². The highest BCUT2D eigenvalue weighted by Gasteiger charge is 2.26. The van der Waals surface area contributed by atoms with E-state index in [1.807, 2.05) is 24.3 Å². The molecule has 184 valence electrons. The van der Waals surface area contributed by atoms with Crippen LogP contribution in [0.4, 0.5) is 5.69 Å². The maximum absolute atomic E-state index is 13.0. The number of hydrogen-bond donors (Lipinski definition) is 1. The van der Waals surface area contributed by atoms with E-state index >= 15 is 0 Å². The average molecular weight is 496 g/mol. The third-order valence-corrected chi connectivity index (χ3v) is 8.44. The van der Waals surface area contributed by atoms with E-state index < -0.39 is 28.5 Å². The number of esters is 1. The van der Waals surface area contributed by atoms with Crippen molar-refractivity contribution >= 4 is 38.5 Å². The number of amides is 1.